The number of amides is 1. The maximum atomic E-state index is 13.8. The van der Waals surface area contributed by atoms with Gasteiger partial charge >= 0.3 is 0 Å². The molecule has 4 aromatic rings. The maximum Gasteiger partial charge on any atom is 0.273 e. The number of rotatable bonds is 10. The van der Waals surface area contributed by atoms with Gasteiger partial charge in [-0.25, -0.2) is 0 Å². The van der Waals surface area contributed by atoms with Crippen molar-refractivity contribution in [3.05, 3.63) is 101 Å². The van der Waals surface area contributed by atoms with Crippen molar-refractivity contribution in [2.45, 2.75) is 32.2 Å². The molecule has 6 heteroatoms. The van der Waals surface area contributed by atoms with E-state index in [0.29, 0.717) is 18.8 Å². The molecule has 1 aromatic heterocycles. The molecule has 3 aromatic carbocycles. The topological polar surface area (TPSA) is 56.6 Å². The lowest BCUT2D eigenvalue weighted by Crippen LogP contribution is -2.32. The average Bonchev–Trinajstić information content (AvgIpc) is 3.43. The van der Waals surface area contributed by atoms with Crippen LogP contribution in [0.2, 0.25) is 0 Å². The average molecular weight is 496 g/mol. The van der Waals surface area contributed by atoms with Crippen LogP contribution in [0.1, 0.15) is 53.0 Å². The van der Waals surface area contributed by atoms with Gasteiger partial charge in [-0.15, -0.1) is 0 Å². The minimum atomic E-state index is -0.235. The summed E-state index contributed by atoms with van der Waals surface area (Å²) in [4.78, 5) is 15.8. The van der Waals surface area contributed by atoms with Crippen LogP contribution in [0.5, 0.6) is 11.5 Å². The van der Waals surface area contributed by atoms with E-state index in [4.69, 9.17) is 14.6 Å². The van der Waals surface area contributed by atoms with Gasteiger partial charge in [0.2, 0.25) is 0 Å². The molecule has 0 spiro atoms. The number of hydrogen-bond acceptors (Lipinski definition) is 4. The van der Waals surface area contributed by atoms with E-state index in [-0.39, 0.29) is 11.9 Å². The molecule has 0 saturated heterocycles. The van der Waals surface area contributed by atoms with Crippen LogP contribution in [0, 0.1) is 0 Å². The highest BCUT2D eigenvalue weighted by Crippen LogP contribution is 2.44. The number of unbranched alkanes of at least 4 members (excludes halogenated alkanes) is 1. The lowest BCUT2D eigenvalue weighted by Gasteiger charge is -2.27. The molecule has 190 valence electrons. The summed E-state index contributed by atoms with van der Waals surface area (Å²) in [6, 6.07) is 26.1. The molecule has 0 aliphatic carbocycles. The van der Waals surface area contributed by atoms with E-state index in [1.165, 1.54) is 5.56 Å². The molecule has 1 atom stereocenters. The lowest BCUT2D eigenvalue weighted by molar-refractivity contribution is 0.0742. The Hall–Kier alpha value is -4.06. The van der Waals surface area contributed by atoms with Crippen LogP contribution in [-0.2, 0) is 13.5 Å². The highest BCUT2D eigenvalue weighted by Gasteiger charge is 2.43. The zero-order valence-electron chi connectivity index (χ0n) is 21.7. The number of carbonyl (C=O) groups is 1. The van der Waals surface area contributed by atoms with Crippen molar-refractivity contribution < 1.29 is 14.3 Å². The maximum absolute atomic E-state index is 13.8. The molecular formula is C31H33N3O3. The normalized spacial score (nSPS) is 14.6. The molecule has 0 bridgehead atoms. The van der Waals surface area contributed by atoms with Crippen LogP contribution in [-0.4, -0.2) is 40.8 Å². The molecule has 37 heavy (non-hydrogen) atoms. The monoisotopic (exact) mass is 495 g/mol. The van der Waals surface area contributed by atoms with Gasteiger partial charge in [-0.3, -0.25) is 9.48 Å². The highest BCUT2D eigenvalue weighted by molar-refractivity contribution is 6.00. The first-order chi connectivity index (χ1) is 18.1. The Balaban J connectivity index is 1.54. The molecule has 0 saturated carbocycles. The molecule has 1 aliphatic rings. The summed E-state index contributed by atoms with van der Waals surface area (Å²) in [6.07, 6.45) is 2.90. The largest absolute Gasteiger partial charge is 0.497 e. The third-order valence-corrected chi connectivity index (χ3v) is 6.94. The summed E-state index contributed by atoms with van der Waals surface area (Å²) < 4.78 is 13.0. The van der Waals surface area contributed by atoms with Crippen molar-refractivity contribution in [2.75, 3.05) is 20.3 Å². The minimum Gasteiger partial charge on any atom is -0.497 e. The van der Waals surface area contributed by atoms with Crippen LogP contribution < -0.4 is 9.47 Å². The SMILES string of the molecule is CCCCOc1ccc([C@H]2c3c(-c4ccc(OC)cc4)nn(C)c3C(=O)N2CCc2ccccc2)cc1. The third kappa shape index (κ3) is 4.96. The number of ether oxygens (including phenoxy) is 2. The van der Waals surface area contributed by atoms with Gasteiger partial charge in [0.1, 0.15) is 17.2 Å². The predicted molar refractivity (Wildman–Crippen MR) is 145 cm³/mol. The molecule has 0 N–H and O–H groups in total. The van der Waals surface area contributed by atoms with E-state index in [2.05, 4.69) is 31.2 Å². The fraction of sp³-hybridized carbons (Fsp3) is 0.290. The Kier molecular flexibility index (Phi) is 7.26. The van der Waals surface area contributed by atoms with E-state index in [1.54, 1.807) is 11.8 Å². The second-order valence-corrected chi connectivity index (χ2v) is 9.37. The van der Waals surface area contributed by atoms with E-state index in [9.17, 15) is 4.79 Å². The zero-order chi connectivity index (χ0) is 25.8. The van der Waals surface area contributed by atoms with Gasteiger partial charge in [0.05, 0.1) is 25.5 Å². The molecule has 6 nitrogen and oxygen atoms in total. The standard InChI is InChI=1S/C31H33N3O3/c1-4-5-21-37-26-17-13-24(14-18-26)29-27-28(23-11-15-25(36-3)16-12-23)32-33(2)30(27)31(35)34(29)20-19-22-9-7-6-8-10-22/h6-18,29H,4-5,19-21H2,1-3H3/t29-/m0/s1. The van der Waals surface area contributed by atoms with E-state index in [1.807, 2.05) is 66.5 Å². The van der Waals surface area contributed by atoms with Crippen LogP contribution in [0.4, 0.5) is 0 Å². The van der Waals surface area contributed by atoms with Crippen LogP contribution in [0.25, 0.3) is 11.3 Å². The van der Waals surface area contributed by atoms with E-state index >= 15 is 0 Å². The van der Waals surface area contributed by atoms with Gasteiger partial charge in [-0.2, -0.15) is 5.10 Å². The lowest BCUT2D eigenvalue weighted by atomic mass is 9.95. The fourth-order valence-corrected chi connectivity index (χ4v) is 4.98. The van der Waals surface area contributed by atoms with Crippen LogP contribution >= 0.6 is 0 Å². The zero-order valence-corrected chi connectivity index (χ0v) is 21.7. The Morgan fingerprint density at radius 1 is 0.919 bits per heavy atom. The van der Waals surface area contributed by atoms with E-state index < -0.39 is 0 Å². The Bertz CT molecular complexity index is 1350. The minimum absolute atomic E-state index is 0.00830. The van der Waals surface area contributed by atoms with Gasteiger partial charge in [0.25, 0.3) is 5.91 Å². The molecule has 1 aliphatic heterocycles. The fourth-order valence-electron chi connectivity index (χ4n) is 4.98. The number of fused-ring (bicyclic) bond motifs is 1. The van der Waals surface area contributed by atoms with Gasteiger partial charge in [-0.1, -0.05) is 55.8 Å². The Labute approximate surface area is 218 Å². The Morgan fingerprint density at radius 3 is 2.30 bits per heavy atom. The summed E-state index contributed by atoms with van der Waals surface area (Å²) in [6.45, 7) is 3.47. The molecule has 0 fully saturated rings. The number of carbonyl (C=O) groups excluding carboxylic acids is 1. The number of benzene rings is 3. The quantitative estimate of drug-likeness (QED) is 0.251. The van der Waals surface area contributed by atoms with Gasteiger partial charge in [0.15, 0.2) is 0 Å². The van der Waals surface area contributed by atoms with Crippen molar-refractivity contribution in [3.63, 3.8) is 0 Å². The molecule has 5 rings (SSSR count). The van der Waals surface area contributed by atoms with Crippen molar-refractivity contribution in [1.29, 1.82) is 0 Å². The first-order valence-electron chi connectivity index (χ1n) is 12.9. The number of aryl methyl sites for hydroxylation is 1. The van der Waals surface area contributed by atoms with Crippen molar-refractivity contribution >= 4 is 5.91 Å². The highest BCUT2D eigenvalue weighted by atomic mass is 16.5. The summed E-state index contributed by atoms with van der Waals surface area (Å²) in [5.74, 6) is 1.64. The number of nitrogens with zero attached hydrogens (tertiary/aromatic N) is 3. The molecule has 2 heterocycles. The molecule has 1 amide bonds. The molecular weight excluding hydrogens is 462 g/mol. The first-order valence-corrected chi connectivity index (χ1v) is 12.9. The van der Waals surface area contributed by atoms with Gasteiger partial charge in [-0.05, 0) is 60.4 Å². The third-order valence-electron chi connectivity index (χ3n) is 6.94. The Morgan fingerprint density at radius 2 is 1.62 bits per heavy atom. The predicted octanol–water partition coefficient (Wildman–Crippen LogP) is 6.06. The van der Waals surface area contributed by atoms with Crippen LogP contribution in [0.15, 0.2) is 78.9 Å². The smallest absolute Gasteiger partial charge is 0.273 e. The van der Waals surface area contributed by atoms with Crippen molar-refractivity contribution in [1.82, 2.24) is 14.7 Å². The number of aromatic nitrogens is 2. The second kappa shape index (κ2) is 10.9. The summed E-state index contributed by atoms with van der Waals surface area (Å²) in [5, 5.41) is 4.81. The molecule has 0 radical (unpaired) electrons. The van der Waals surface area contributed by atoms with Gasteiger partial charge in [0, 0.05) is 24.7 Å². The summed E-state index contributed by atoms with van der Waals surface area (Å²) >= 11 is 0. The number of methoxy groups -OCH3 is 1. The summed E-state index contributed by atoms with van der Waals surface area (Å²) in [7, 11) is 3.51. The van der Waals surface area contributed by atoms with Crippen molar-refractivity contribution in [3.8, 4) is 22.8 Å². The first kappa shape index (κ1) is 24.6. The van der Waals surface area contributed by atoms with E-state index in [0.717, 1.165) is 53.1 Å². The number of hydrogen-bond donors (Lipinski definition) is 0. The summed E-state index contributed by atoms with van der Waals surface area (Å²) in [5.41, 5.74) is 5.63. The molecule has 0 unspecified atom stereocenters. The second-order valence-electron chi connectivity index (χ2n) is 9.37. The van der Waals surface area contributed by atoms with Crippen LogP contribution in [0.3, 0.4) is 0 Å². The van der Waals surface area contributed by atoms with Gasteiger partial charge < -0.3 is 14.4 Å². The van der Waals surface area contributed by atoms with Crippen molar-refractivity contribution in [2.24, 2.45) is 7.05 Å².